The lowest BCUT2D eigenvalue weighted by Crippen LogP contribution is -2.22. The summed E-state index contributed by atoms with van der Waals surface area (Å²) in [5, 5.41) is 61.5. The highest BCUT2D eigenvalue weighted by molar-refractivity contribution is 9.10. The first kappa shape index (κ1) is 53.7. The summed E-state index contributed by atoms with van der Waals surface area (Å²) in [5.41, 5.74) is 5.39. The summed E-state index contributed by atoms with van der Waals surface area (Å²) in [6.07, 6.45) is 4.96. The second kappa shape index (κ2) is 23.7. The third kappa shape index (κ3) is 13.5. The van der Waals surface area contributed by atoms with Crippen molar-refractivity contribution in [3.8, 4) is 35.0 Å². The zero-order valence-corrected chi connectivity index (χ0v) is 44.3. The van der Waals surface area contributed by atoms with Gasteiger partial charge in [-0.3, -0.25) is 5.10 Å². The Morgan fingerprint density at radius 1 is 0.757 bits per heavy atom. The van der Waals surface area contributed by atoms with Crippen LogP contribution in [0.1, 0.15) is 71.3 Å². The second-order valence-corrected chi connectivity index (χ2v) is 25.0. The standard InChI is InChI=1S/C27H29BrFN7O4Si.C21H15BrFN7O3/c1-18(40-26-11-19(28)16-31-27(26)36(37)38)24-12-20(29)5-6-25(24)35-22(7-8-32-35)13-21-14-23(15-30)34(33-21)17-39-9-10-41(2,3)4;1-12(33-20-6-13(22)11-25-21(20)30(31)32)18-7-14(23)2-3-19(18)29-17(4-5-26-29)9-15-8-16(10-24)28-27-15/h5-8,11-12,14,16,18H,9-10,13,17H2,1-4H3;2-8,11-12H,9H2,1H3,(H,27,28)/t18-;12-/m11/s1. The number of ether oxygens (including phenoxy) is 3. The van der Waals surface area contributed by atoms with Crippen LogP contribution in [0.3, 0.4) is 0 Å². The highest BCUT2D eigenvalue weighted by Gasteiger charge is 2.26. The lowest BCUT2D eigenvalue weighted by Gasteiger charge is -2.19. The minimum Gasteiger partial charge on any atom is -0.478 e. The number of nitrogens with zero attached hydrogens (tertiary/aromatic N) is 13. The van der Waals surface area contributed by atoms with Crippen molar-refractivity contribution in [3.63, 3.8) is 0 Å². The highest BCUT2D eigenvalue weighted by Crippen LogP contribution is 2.36. The molecule has 6 heterocycles. The van der Waals surface area contributed by atoms with Crippen molar-refractivity contribution in [3.05, 3.63) is 184 Å². The van der Waals surface area contributed by atoms with Crippen LogP contribution in [-0.4, -0.2) is 74.0 Å². The van der Waals surface area contributed by atoms with E-state index in [1.807, 2.05) is 6.07 Å². The van der Waals surface area contributed by atoms with E-state index in [1.165, 1.54) is 48.8 Å². The molecule has 0 unspecified atom stereocenters. The van der Waals surface area contributed by atoms with Gasteiger partial charge in [0.15, 0.2) is 18.1 Å². The molecule has 2 atom stereocenters. The van der Waals surface area contributed by atoms with Crippen LogP contribution in [-0.2, 0) is 24.3 Å². The van der Waals surface area contributed by atoms with Gasteiger partial charge in [0, 0.05) is 68.9 Å². The van der Waals surface area contributed by atoms with Gasteiger partial charge in [0.2, 0.25) is 11.5 Å². The maximum atomic E-state index is 14.4. The predicted molar refractivity (Wildman–Crippen MR) is 272 cm³/mol. The first-order chi connectivity index (χ1) is 35.3. The van der Waals surface area contributed by atoms with E-state index in [0.29, 0.717) is 68.0 Å². The molecule has 0 aliphatic heterocycles. The van der Waals surface area contributed by atoms with E-state index >= 15 is 0 Å². The number of pyridine rings is 2. The Morgan fingerprint density at radius 3 is 1.76 bits per heavy atom. The van der Waals surface area contributed by atoms with E-state index in [4.69, 9.17) is 19.5 Å². The van der Waals surface area contributed by atoms with Crippen LogP contribution in [0.2, 0.25) is 25.7 Å². The molecule has 380 valence electrons. The van der Waals surface area contributed by atoms with Gasteiger partial charge in [-0.25, -0.2) is 22.8 Å². The number of H-pyrrole nitrogens is 1. The number of nitro groups is 2. The molecular weight excluding hydrogens is 1110 g/mol. The minimum absolute atomic E-state index is 0.0562. The second-order valence-electron chi connectivity index (χ2n) is 17.6. The normalized spacial score (nSPS) is 12.0. The van der Waals surface area contributed by atoms with Crippen LogP contribution in [0.25, 0.3) is 11.4 Å². The average molecular weight is 1150 g/mol. The molecule has 8 rings (SSSR count). The van der Waals surface area contributed by atoms with Gasteiger partial charge in [0.1, 0.15) is 48.4 Å². The SMILES string of the molecule is C[C@@H](Oc1cc(Br)cnc1[N+](=O)[O-])c1cc(F)ccc1-n1nccc1Cc1cc(C#N)n(COCC[Si](C)(C)C)n1.C[C@@H](Oc1cc(Br)cnc1[N+](=O)[O-])c1cc(F)ccc1-n1nccc1Cc1cc(C#N)n[nH]1. The molecule has 0 radical (unpaired) electrons. The Morgan fingerprint density at radius 2 is 1.28 bits per heavy atom. The van der Waals surface area contributed by atoms with Gasteiger partial charge >= 0.3 is 11.6 Å². The summed E-state index contributed by atoms with van der Waals surface area (Å²) >= 11 is 6.48. The van der Waals surface area contributed by atoms with Gasteiger partial charge < -0.3 is 34.4 Å². The zero-order valence-electron chi connectivity index (χ0n) is 40.1. The quantitative estimate of drug-likeness (QED) is 0.0341. The smallest absolute Gasteiger partial charge is 0.406 e. The molecule has 0 saturated carbocycles. The molecule has 74 heavy (non-hydrogen) atoms. The number of halogens is 4. The molecule has 0 aliphatic carbocycles. The van der Waals surface area contributed by atoms with Crippen molar-refractivity contribution in [1.82, 2.24) is 49.5 Å². The minimum atomic E-state index is -1.24. The molecule has 2 aromatic carbocycles. The third-order valence-electron chi connectivity index (χ3n) is 10.9. The number of aromatic nitrogens is 10. The molecule has 8 aromatic rings. The maximum Gasteiger partial charge on any atom is 0.406 e. The van der Waals surface area contributed by atoms with E-state index in [-0.39, 0.29) is 23.9 Å². The van der Waals surface area contributed by atoms with Crippen molar-refractivity contribution < 1.29 is 32.8 Å². The highest BCUT2D eigenvalue weighted by atomic mass is 79.9. The summed E-state index contributed by atoms with van der Waals surface area (Å²) in [6, 6.07) is 23.3. The molecule has 0 saturated heterocycles. The van der Waals surface area contributed by atoms with E-state index in [9.17, 15) is 34.3 Å². The van der Waals surface area contributed by atoms with Gasteiger partial charge in [0.05, 0.1) is 37.4 Å². The van der Waals surface area contributed by atoms with Crippen LogP contribution in [0.15, 0.2) is 107 Å². The summed E-state index contributed by atoms with van der Waals surface area (Å²) in [5.74, 6) is -2.01. The van der Waals surface area contributed by atoms with Gasteiger partial charge in [-0.15, -0.1) is 0 Å². The maximum absolute atomic E-state index is 14.4. The molecule has 1 N–H and O–H groups in total. The Hall–Kier alpha value is -8.04. The summed E-state index contributed by atoms with van der Waals surface area (Å²) < 4.78 is 52.0. The number of hydrogen-bond donors (Lipinski definition) is 1. The van der Waals surface area contributed by atoms with E-state index in [1.54, 1.807) is 76.7 Å². The monoisotopic (exact) mass is 1150 g/mol. The first-order valence-electron chi connectivity index (χ1n) is 22.4. The number of benzene rings is 2. The molecule has 0 amide bonds. The number of hydrogen-bond acceptors (Lipinski definition) is 15. The molecule has 0 bridgehead atoms. The van der Waals surface area contributed by atoms with Crippen LogP contribution in [0.5, 0.6) is 11.5 Å². The van der Waals surface area contributed by atoms with Crippen LogP contribution < -0.4 is 9.47 Å². The third-order valence-corrected chi connectivity index (χ3v) is 13.5. The molecule has 0 fully saturated rings. The molecule has 26 heteroatoms. The van der Waals surface area contributed by atoms with Gasteiger partial charge in [-0.05, 0) is 132 Å². The van der Waals surface area contributed by atoms with Crippen molar-refractivity contribution in [1.29, 1.82) is 10.5 Å². The lowest BCUT2D eigenvalue weighted by atomic mass is 10.1. The van der Waals surface area contributed by atoms with Gasteiger partial charge in [0.25, 0.3) is 0 Å². The van der Waals surface area contributed by atoms with Crippen LogP contribution in [0, 0.1) is 54.5 Å². The molecule has 6 aromatic heterocycles. The zero-order chi connectivity index (χ0) is 53.3. The summed E-state index contributed by atoms with van der Waals surface area (Å²) in [7, 11) is -1.24. The molecular formula is C48H44Br2F2N14O7Si. The van der Waals surface area contributed by atoms with Crippen molar-refractivity contribution in [2.75, 3.05) is 6.61 Å². The summed E-state index contributed by atoms with van der Waals surface area (Å²) in [6.45, 7) is 10.9. The van der Waals surface area contributed by atoms with E-state index in [2.05, 4.69) is 93.0 Å². The number of nitrogens with one attached hydrogen (secondary N) is 1. The first-order valence-corrected chi connectivity index (χ1v) is 27.7. The topological polar surface area (TPSA) is 269 Å². The fraction of sp³-hybridized carbons (Fsp3) is 0.250. The number of rotatable bonds is 19. The molecule has 21 nitrogen and oxygen atoms in total. The average Bonchev–Trinajstić information content (AvgIpc) is 4.19. The van der Waals surface area contributed by atoms with Crippen LogP contribution in [0.4, 0.5) is 20.4 Å². The summed E-state index contributed by atoms with van der Waals surface area (Å²) in [4.78, 5) is 29.1. The fourth-order valence-corrected chi connectivity index (χ4v) is 8.78. The van der Waals surface area contributed by atoms with Crippen molar-refractivity contribution in [2.45, 2.75) is 71.3 Å². The number of aromatic amines is 1. The predicted octanol–water partition coefficient (Wildman–Crippen LogP) is 10.6. The van der Waals surface area contributed by atoms with Gasteiger partial charge in [-0.2, -0.15) is 30.9 Å². The van der Waals surface area contributed by atoms with E-state index < -0.39 is 53.4 Å². The van der Waals surface area contributed by atoms with E-state index in [0.717, 1.165) is 17.4 Å². The van der Waals surface area contributed by atoms with Crippen molar-refractivity contribution >= 4 is 51.6 Å². The Bertz CT molecular complexity index is 3420. The lowest BCUT2D eigenvalue weighted by molar-refractivity contribution is -0.390. The Kier molecular flexibility index (Phi) is 17.2. The van der Waals surface area contributed by atoms with Crippen molar-refractivity contribution in [2.24, 2.45) is 0 Å². The Balaban J connectivity index is 0.000000221. The largest absolute Gasteiger partial charge is 0.478 e. The van der Waals surface area contributed by atoms with Gasteiger partial charge in [-0.1, -0.05) is 19.6 Å². The molecule has 0 spiro atoms. The number of nitriles is 2. The van der Waals surface area contributed by atoms with Crippen LogP contribution >= 0.6 is 31.9 Å². The Labute approximate surface area is 438 Å². The molecule has 0 aliphatic rings. The fourth-order valence-electron chi connectivity index (χ4n) is 7.40.